The molecule has 2 aromatic carbocycles. The lowest BCUT2D eigenvalue weighted by molar-refractivity contribution is -0.138. The molecule has 2 N–H and O–H groups in total. The van der Waals surface area contributed by atoms with Crippen molar-refractivity contribution in [2.75, 3.05) is 19.0 Å². The molecule has 0 saturated heterocycles. The Balaban J connectivity index is 1.69. The number of amides is 1. The highest BCUT2D eigenvalue weighted by molar-refractivity contribution is 5.90. The highest BCUT2D eigenvalue weighted by Gasteiger charge is 2.15. The number of esters is 1. The van der Waals surface area contributed by atoms with Crippen molar-refractivity contribution < 1.29 is 14.3 Å². The van der Waals surface area contributed by atoms with Crippen LogP contribution in [0, 0.1) is 5.92 Å². The van der Waals surface area contributed by atoms with Crippen molar-refractivity contribution in [3.8, 4) is 0 Å². The maximum absolute atomic E-state index is 12.5. The van der Waals surface area contributed by atoms with E-state index in [2.05, 4.69) is 25.3 Å². The molecule has 29 heavy (non-hydrogen) atoms. The summed E-state index contributed by atoms with van der Waals surface area (Å²) in [4.78, 5) is 32.9. The van der Waals surface area contributed by atoms with Gasteiger partial charge in [-0.1, -0.05) is 49.4 Å². The summed E-state index contributed by atoms with van der Waals surface area (Å²) in [6, 6.07) is 17.4. The van der Waals surface area contributed by atoms with Crippen LogP contribution < -0.4 is 10.6 Å². The smallest absolute Gasteiger partial charge is 0.325 e. The van der Waals surface area contributed by atoms with Crippen molar-refractivity contribution in [2.45, 2.75) is 19.9 Å². The van der Waals surface area contributed by atoms with Gasteiger partial charge in [-0.3, -0.25) is 9.59 Å². The third-order valence-corrected chi connectivity index (χ3v) is 4.53. The molecule has 0 spiro atoms. The van der Waals surface area contributed by atoms with Gasteiger partial charge in [0.2, 0.25) is 5.91 Å². The Kier molecular flexibility index (Phi) is 6.73. The number of rotatable bonds is 8. The predicted molar refractivity (Wildman–Crippen MR) is 111 cm³/mol. The molecule has 7 heteroatoms. The molecule has 150 valence electrons. The summed E-state index contributed by atoms with van der Waals surface area (Å²) in [6.45, 7) is 2.10. The van der Waals surface area contributed by atoms with Crippen molar-refractivity contribution in [1.29, 1.82) is 0 Å². The summed E-state index contributed by atoms with van der Waals surface area (Å²) in [6.07, 6.45) is 0.664. The minimum atomic E-state index is -0.391. The van der Waals surface area contributed by atoms with Crippen molar-refractivity contribution in [2.24, 2.45) is 5.92 Å². The van der Waals surface area contributed by atoms with Crippen LogP contribution in [-0.4, -0.2) is 35.5 Å². The van der Waals surface area contributed by atoms with Gasteiger partial charge >= 0.3 is 5.97 Å². The van der Waals surface area contributed by atoms with Crippen LogP contribution in [0.5, 0.6) is 0 Å². The number of carbonyl (C=O) groups is 2. The van der Waals surface area contributed by atoms with Crippen LogP contribution in [0.15, 0.2) is 54.6 Å². The SMILES string of the molecule is COC(=O)CNc1nc(CNC(=O)C(C)Cc2ccccc2)nc2ccccc12. The van der Waals surface area contributed by atoms with E-state index < -0.39 is 5.97 Å². The number of nitrogens with zero attached hydrogens (tertiary/aromatic N) is 2. The number of nitrogens with one attached hydrogen (secondary N) is 2. The second kappa shape index (κ2) is 9.64. The second-order valence-electron chi connectivity index (χ2n) is 6.74. The van der Waals surface area contributed by atoms with Gasteiger partial charge in [-0.25, -0.2) is 9.97 Å². The normalized spacial score (nSPS) is 11.7. The van der Waals surface area contributed by atoms with Gasteiger partial charge in [0.25, 0.3) is 0 Å². The number of fused-ring (bicyclic) bond motifs is 1. The van der Waals surface area contributed by atoms with E-state index in [1.54, 1.807) is 0 Å². The van der Waals surface area contributed by atoms with Crippen LogP contribution in [0.1, 0.15) is 18.3 Å². The van der Waals surface area contributed by atoms with Gasteiger partial charge < -0.3 is 15.4 Å². The maximum atomic E-state index is 12.5. The van der Waals surface area contributed by atoms with Crippen molar-refractivity contribution in [1.82, 2.24) is 15.3 Å². The minimum absolute atomic E-state index is 0.00256. The van der Waals surface area contributed by atoms with E-state index in [0.717, 1.165) is 16.5 Å². The van der Waals surface area contributed by atoms with E-state index in [1.165, 1.54) is 7.11 Å². The molecule has 1 amide bonds. The molecule has 0 bridgehead atoms. The number of hydrogen-bond acceptors (Lipinski definition) is 6. The van der Waals surface area contributed by atoms with Gasteiger partial charge in [0, 0.05) is 11.3 Å². The quantitative estimate of drug-likeness (QED) is 0.573. The summed E-state index contributed by atoms with van der Waals surface area (Å²) >= 11 is 0. The maximum Gasteiger partial charge on any atom is 0.325 e. The number of anilines is 1. The molecule has 0 fully saturated rings. The van der Waals surface area contributed by atoms with Gasteiger partial charge in [-0.05, 0) is 24.1 Å². The van der Waals surface area contributed by atoms with Crippen LogP contribution in [0.2, 0.25) is 0 Å². The van der Waals surface area contributed by atoms with E-state index in [-0.39, 0.29) is 24.9 Å². The number of ether oxygens (including phenoxy) is 1. The monoisotopic (exact) mass is 392 g/mol. The lowest BCUT2D eigenvalue weighted by Crippen LogP contribution is -2.30. The third-order valence-electron chi connectivity index (χ3n) is 4.53. The fourth-order valence-electron chi connectivity index (χ4n) is 2.97. The standard InChI is InChI=1S/C22H24N4O3/c1-15(12-16-8-4-3-5-9-16)22(28)24-13-19-25-18-11-7-6-10-17(18)21(26-19)23-14-20(27)29-2/h3-11,15H,12-14H2,1-2H3,(H,24,28)(H,23,25,26). The highest BCUT2D eigenvalue weighted by atomic mass is 16.5. The molecule has 0 aliphatic carbocycles. The first-order valence-corrected chi connectivity index (χ1v) is 9.45. The summed E-state index contributed by atoms with van der Waals surface area (Å²) in [5, 5.41) is 6.68. The van der Waals surface area contributed by atoms with E-state index in [0.29, 0.717) is 18.1 Å². The van der Waals surface area contributed by atoms with Gasteiger partial charge in [-0.15, -0.1) is 0 Å². The molecule has 1 aromatic heterocycles. The van der Waals surface area contributed by atoms with Crippen molar-refractivity contribution in [3.05, 3.63) is 66.0 Å². The van der Waals surface area contributed by atoms with Crippen molar-refractivity contribution >= 4 is 28.6 Å². The van der Waals surface area contributed by atoms with Crippen molar-refractivity contribution in [3.63, 3.8) is 0 Å². The van der Waals surface area contributed by atoms with E-state index in [4.69, 9.17) is 0 Å². The fraction of sp³-hybridized carbons (Fsp3) is 0.273. The number of hydrogen-bond donors (Lipinski definition) is 2. The largest absolute Gasteiger partial charge is 0.468 e. The summed E-state index contributed by atoms with van der Waals surface area (Å²) in [5.74, 6) is 0.376. The zero-order valence-corrected chi connectivity index (χ0v) is 16.5. The summed E-state index contributed by atoms with van der Waals surface area (Å²) < 4.78 is 4.67. The molecule has 0 aliphatic rings. The molecule has 0 aliphatic heterocycles. The minimum Gasteiger partial charge on any atom is -0.468 e. The molecular formula is C22H24N4O3. The topological polar surface area (TPSA) is 93.2 Å². The van der Waals surface area contributed by atoms with E-state index in [1.807, 2.05) is 61.5 Å². The van der Waals surface area contributed by atoms with Crippen LogP contribution in [0.3, 0.4) is 0 Å². The zero-order valence-electron chi connectivity index (χ0n) is 16.5. The lowest BCUT2D eigenvalue weighted by atomic mass is 10.0. The molecule has 3 aromatic rings. The molecule has 7 nitrogen and oxygen atoms in total. The molecule has 1 atom stereocenters. The van der Waals surface area contributed by atoms with Crippen LogP contribution in [0.4, 0.5) is 5.82 Å². The highest BCUT2D eigenvalue weighted by Crippen LogP contribution is 2.20. The second-order valence-corrected chi connectivity index (χ2v) is 6.74. The van der Waals surface area contributed by atoms with Crippen LogP contribution >= 0.6 is 0 Å². The van der Waals surface area contributed by atoms with Gasteiger partial charge in [-0.2, -0.15) is 0 Å². The Morgan fingerprint density at radius 3 is 2.52 bits per heavy atom. The first-order chi connectivity index (χ1) is 14.1. The van der Waals surface area contributed by atoms with Gasteiger partial charge in [0.1, 0.15) is 12.4 Å². The van der Waals surface area contributed by atoms with E-state index >= 15 is 0 Å². The summed E-state index contributed by atoms with van der Waals surface area (Å²) in [5.41, 5.74) is 1.85. The lowest BCUT2D eigenvalue weighted by Gasteiger charge is -2.13. The molecule has 1 unspecified atom stereocenters. The molecular weight excluding hydrogens is 368 g/mol. The molecule has 0 radical (unpaired) electrons. The average Bonchev–Trinajstić information content (AvgIpc) is 2.76. The van der Waals surface area contributed by atoms with Crippen LogP contribution in [-0.2, 0) is 27.3 Å². The predicted octanol–water partition coefficient (Wildman–Crippen LogP) is 2.71. The Labute approximate surface area is 169 Å². The first-order valence-electron chi connectivity index (χ1n) is 9.45. The first kappa shape index (κ1) is 20.3. The number of carbonyl (C=O) groups excluding carboxylic acids is 2. The average molecular weight is 392 g/mol. The van der Waals surface area contributed by atoms with Gasteiger partial charge in [0.05, 0.1) is 19.2 Å². The summed E-state index contributed by atoms with van der Waals surface area (Å²) in [7, 11) is 1.33. The number of methoxy groups -OCH3 is 1. The zero-order chi connectivity index (χ0) is 20.6. The molecule has 1 heterocycles. The number of aromatic nitrogens is 2. The molecule has 3 rings (SSSR count). The Bertz CT molecular complexity index is 992. The van der Waals surface area contributed by atoms with E-state index in [9.17, 15) is 9.59 Å². The Morgan fingerprint density at radius 2 is 1.76 bits per heavy atom. The Hall–Kier alpha value is -3.48. The third kappa shape index (κ3) is 5.51. The van der Waals surface area contributed by atoms with Crippen LogP contribution in [0.25, 0.3) is 10.9 Å². The van der Waals surface area contributed by atoms with Gasteiger partial charge in [0.15, 0.2) is 5.82 Å². The molecule has 0 saturated carbocycles. The fourth-order valence-corrected chi connectivity index (χ4v) is 2.97. The Morgan fingerprint density at radius 1 is 1.03 bits per heavy atom. The number of benzene rings is 2. The number of para-hydroxylation sites is 1.